The Balaban J connectivity index is 3.59. The molecule has 0 heterocycles. The second kappa shape index (κ2) is 3.80. The predicted molar refractivity (Wildman–Crippen MR) is 33.4 cm³/mol. The van der Waals surface area contributed by atoms with Crippen LogP contribution in [0.4, 0.5) is 8.78 Å². The normalized spacial score (nSPS) is 10.2. The molecule has 1 nitrogen and oxygen atoms in total. The van der Waals surface area contributed by atoms with Gasteiger partial charge in [-0.1, -0.05) is 5.92 Å². The quantitative estimate of drug-likeness (QED) is 0.499. The van der Waals surface area contributed by atoms with Crippen LogP contribution in [0, 0.1) is 11.8 Å². The van der Waals surface area contributed by atoms with E-state index in [9.17, 15) is 8.78 Å². The van der Waals surface area contributed by atoms with E-state index >= 15 is 0 Å². The van der Waals surface area contributed by atoms with E-state index in [1.165, 1.54) is 0 Å². The van der Waals surface area contributed by atoms with Crippen molar-refractivity contribution in [1.82, 2.24) is 0 Å². The summed E-state index contributed by atoms with van der Waals surface area (Å²) >= 11 is 2.02. The highest BCUT2D eigenvalue weighted by Crippen LogP contribution is 2.19. The largest absolute Gasteiger partial charge is 0.395 e. The maximum absolute atomic E-state index is 11.7. The van der Waals surface area contributed by atoms with Gasteiger partial charge in [-0.25, -0.2) is 0 Å². The van der Waals surface area contributed by atoms with Crippen LogP contribution in [-0.4, -0.2) is 16.5 Å². The van der Waals surface area contributed by atoms with Crippen molar-refractivity contribution in [3.63, 3.8) is 0 Å². The highest BCUT2D eigenvalue weighted by Gasteiger charge is 2.18. The molecule has 9 heavy (non-hydrogen) atoms. The number of rotatable bonds is 1. The molecule has 0 bridgehead atoms. The molecule has 0 aliphatic heterocycles. The van der Waals surface area contributed by atoms with E-state index in [0.717, 1.165) is 0 Å². The molecule has 0 amide bonds. The lowest BCUT2D eigenvalue weighted by molar-refractivity contribution is 0.182. The number of hydrogen-bond acceptors (Lipinski definition) is 1. The van der Waals surface area contributed by atoms with Gasteiger partial charge >= 0.3 is 4.83 Å². The minimum Gasteiger partial charge on any atom is -0.395 e. The van der Waals surface area contributed by atoms with Gasteiger partial charge in [-0.3, -0.25) is 0 Å². The zero-order valence-electron chi connectivity index (χ0n) is 4.50. The second-order valence-electron chi connectivity index (χ2n) is 1.27. The van der Waals surface area contributed by atoms with Gasteiger partial charge in [0.2, 0.25) is 0 Å². The molecule has 0 aliphatic rings. The van der Waals surface area contributed by atoms with Gasteiger partial charge in [0.05, 0.1) is 6.61 Å². The summed E-state index contributed by atoms with van der Waals surface area (Å²) in [6, 6.07) is 0. The molecule has 0 saturated carbocycles. The Kier molecular flexibility index (Phi) is 3.75. The molecule has 0 unspecified atom stereocenters. The van der Waals surface area contributed by atoms with Gasteiger partial charge in [0.1, 0.15) is 0 Å². The molecule has 0 rings (SSSR count). The molecule has 0 aliphatic carbocycles. The van der Waals surface area contributed by atoms with Crippen molar-refractivity contribution in [2.75, 3.05) is 6.61 Å². The van der Waals surface area contributed by atoms with Crippen molar-refractivity contribution in [2.24, 2.45) is 0 Å². The van der Waals surface area contributed by atoms with Gasteiger partial charge in [-0.05, 0) is 5.92 Å². The summed E-state index contributed by atoms with van der Waals surface area (Å²) in [4.78, 5) is -3.11. The van der Waals surface area contributed by atoms with Crippen molar-refractivity contribution in [3.8, 4) is 11.8 Å². The van der Waals surface area contributed by atoms with Crippen LogP contribution in [0.3, 0.4) is 0 Å². The summed E-state index contributed by atoms with van der Waals surface area (Å²) < 4.78 is 23.4. The standard InChI is InChI=1S/C5H5BrF2O/c6-5(7,8)3-1-2-4-9/h9H,2,4H2. The molecule has 0 atom stereocenters. The fraction of sp³-hybridized carbons (Fsp3) is 0.600. The number of aliphatic hydroxyl groups is 1. The van der Waals surface area contributed by atoms with Crippen LogP contribution in [0.1, 0.15) is 6.42 Å². The number of aliphatic hydroxyl groups excluding tert-OH is 1. The highest BCUT2D eigenvalue weighted by atomic mass is 79.9. The van der Waals surface area contributed by atoms with Crippen LogP contribution in [0.2, 0.25) is 0 Å². The summed E-state index contributed by atoms with van der Waals surface area (Å²) in [5.41, 5.74) is 0. The molecule has 0 aromatic heterocycles. The second-order valence-corrected chi connectivity index (χ2v) is 2.27. The lowest BCUT2D eigenvalue weighted by Gasteiger charge is -1.93. The molecular formula is C5H5BrF2O. The molecule has 0 spiro atoms. The Morgan fingerprint density at radius 1 is 1.56 bits per heavy atom. The molecule has 0 aromatic carbocycles. The van der Waals surface area contributed by atoms with Crippen molar-refractivity contribution in [1.29, 1.82) is 0 Å². The third-order valence-corrected chi connectivity index (χ3v) is 0.665. The van der Waals surface area contributed by atoms with Crippen LogP contribution >= 0.6 is 15.9 Å². The van der Waals surface area contributed by atoms with Gasteiger partial charge in [0.15, 0.2) is 0 Å². The maximum Gasteiger partial charge on any atom is 0.363 e. The topological polar surface area (TPSA) is 20.2 Å². The smallest absolute Gasteiger partial charge is 0.363 e. The molecule has 0 saturated heterocycles. The van der Waals surface area contributed by atoms with E-state index in [1.807, 2.05) is 15.9 Å². The number of hydrogen-bond donors (Lipinski definition) is 1. The van der Waals surface area contributed by atoms with Gasteiger partial charge in [-0.2, -0.15) is 8.78 Å². The summed E-state index contributed by atoms with van der Waals surface area (Å²) in [6.07, 6.45) is 0.0845. The van der Waals surface area contributed by atoms with Crippen LogP contribution < -0.4 is 0 Å². The van der Waals surface area contributed by atoms with E-state index in [4.69, 9.17) is 5.11 Å². The monoisotopic (exact) mass is 198 g/mol. The average molecular weight is 199 g/mol. The van der Waals surface area contributed by atoms with E-state index in [-0.39, 0.29) is 13.0 Å². The summed E-state index contributed by atoms with van der Waals surface area (Å²) in [7, 11) is 0. The number of alkyl halides is 3. The van der Waals surface area contributed by atoms with Gasteiger partial charge in [0, 0.05) is 22.4 Å². The molecule has 0 radical (unpaired) electrons. The van der Waals surface area contributed by atoms with E-state index in [1.54, 1.807) is 5.92 Å². The van der Waals surface area contributed by atoms with Crippen LogP contribution in [0.5, 0.6) is 0 Å². The van der Waals surface area contributed by atoms with Crippen LogP contribution in [-0.2, 0) is 0 Å². The minimum absolute atomic E-state index is 0.0845. The Bertz CT molecular complexity index is 130. The molecule has 4 heteroatoms. The Morgan fingerprint density at radius 3 is 2.44 bits per heavy atom. The zero-order chi connectivity index (χ0) is 7.33. The van der Waals surface area contributed by atoms with E-state index in [2.05, 4.69) is 5.92 Å². The fourth-order valence-corrected chi connectivity index (χ4v) is 0.359. The molecule has 52 valence electrons. The SMILES string of the molecule is OCCC#CC(F)(F)Br. The third kappa shape index (κ3) is 7.86. The molecular weight excluding hydrogens is 194 g/mol. The molecule has 0 fully saturated rings. The maximum atomic E-state index is 11.7. The lowest BCUT2D eigenvalue weighted by Crippen LogP contribution is -1.98. The Labute approximate surface area is 60.2 Å². The Morgan fingerprint density at radius 2 is 2.11 bits per heavy atom. The minimum atomic E-state index is -3.11. The first-order valence-corrected chi connectivity index (χ1v) is 3.03. The van der Waals surface area contributed by atoms with Crippen molar-refractivity contribution < 1.29 is 13.9 Å². The summed E-state index contributed by atoms with van der Waals surface area (Å²) in [5, 5.41) is 8.10. The number of halogens is 3. The predicted octanol–water partition coefficient (Wildman–Crippen LogP) is 1.36. The average Bonchev–Trinajstić information content (AvgIpc) is 1.63. The lowest BCUT2D eigenvalue weighted by atomic mass is 10.4. The van der Waals surface area contributed by atoms with Crippen LogP contribution in [0.25, 0.3) is 0 Å². The molecule has 0 aromatic rings. The summed E-state index contributed by atoms with van der Waals surface area (Å²) in [5.74, 6) is 3.67. The van der Waals surface area contributed by atoms with Gasteiger partial charge in [-0.15, -0.1) is 0 Å². The Hall–Kier alpha value is -0.140. The summed E-state index contributed by atoms with van der Waals surface area (Å²) in [6.45, 7) is -0.184. The first-order chi connectivity index (χ1) is 4.06. The van der Waals surface area contributed by atoms with Gasteiger partial charge in [0.25, 0.3) is 0 Å². The first-order valence-electron chi connectivity index (χ1n) is 2.24. The van der Waals surface area contributed by atoms with Crippen molar-refractivity contribution >= 4 is 15.9 Å². The fourth-order valence-electron chi connectivity index (χ4n) is 0.219. The van der Waals surface area contributed by atoms with Gasteiger partial charge < -0.3 is 5.11 Å². The molecule has 1 N–H and O–H groups in total. The van der Waals surface area contributed by atoms with Crippen molar-refractivity contribution in [3.05, 3.63) is 0 Å². The van der Waals surface area contributed by atoms with E-state index in [0.29, 0.717) is 0 Å². The third-order valence-electron chi connectivity index (χ3n) is 0.467. The van der Waals surface area contributed by atoms with E-state index < -0.39 is 4.83 Å². The van der Waals surface area contributed by atoms with Crippen molar-refractivity contribution in [2.45, 2.75) is 11.3 Å². The first kappa shape index (κ1) is 8.86. The zero-order valence-corrected chi connectivity index (χ0v) is 6.08. The highest BCUT2D eigenvalue weighted by molar-refractivity contribution is 9.10. The van der Waals surface area contributed by atoms with Crippen LogP contribution in [0.15, 0.2) is 0 Å².